The van der Waals surface area contributed by atoms with Gasteiger partial charge in [-0.25, -0.2) is 13.4 Å². The van der Waals surface area contributed by atoms with Crippen LogP contribution < -0.4 is 14.4 Å². The quantitative estimate of drug-likeness (QED) is 0.391. The van der Waals surface area contributed by atoms with Gasteiger partial charge in [-0.15, -0.1) is 12.4 Å². The van der Waals surface area contributed by atoms with E-state index >= 15 is 0 Å². The minimum Gasteiger partial charge on any atom is -0.495 e. The summed E-state index contributed by atoms with van der Waals surface area (Å²) in [7, 11) is -0.181. The molecule has 0 aliphatic heterocycles. The Kier molecular flexibility index (Phi) is 9.69. The van der Waals surface area contributed by atoms with Crippen molar-refractivity contribution in [1.29, 1.82) is 0 Å². The molecule has 1 heterocycles. The molecule has 0 atom stereocenters. The van der Waals surface area contributed by atoms with Crippen LogP contribution >= 0.6 is 23.7 Å². The first-order valence-electron chi connectivity index (χ1n) is 10.6. The minimum atomic E-state index is -3.35. The van der Waals surface area contributed by atoms with E-state index in [1.165, 1.54) is 35.6 Å². The lowest BCUT2D eigenvalue weighted by atomic mass is 10.2. The molecule has 0 saturated carbocycles. The van der Waals surface area contributed by atoms with Crippen LogP contribution in [0, 0.1) is 0 Å². The van der Waals surface area contributed by atoms with E-state index in [9.17, 15) is 13.2 Å². The normalized spacial score (nSPS) is 11.4. The van der Waals surface area contributed by atoms with Gasteiger partial charge in [-0.1, -0.05) is 25.2 Å². The first-order chi connectivity index (χ1) is 15.7. The molecule has 0 N–H and O–H groups in total. The van der Waals surface area contributed by atoms with Crippen LogP contribution in [0.3, 0.4) is 0 Å². The van der Waals surface area contributed by atoms with Crippen LogP contribution in [0.5, 0.6) is 11.5 Å². The Labute approximate surface area is 210 Å². The zero-order chi connectivity index (χ0) is 24.2. The van der Waals surface area contributed by atoms with Crippen molar-refractivity contribution in [3.8, 4) is 11.5 Å². The van der Waals surface area contributed by atoms with Gasteiger partial charge in [-0.05, 0) is 49.5 Å². The highest BCUT2D eigenvalue weighted by atomic mass is 35.5. The molecule has 0 bridgehead atoms. The van der Waals surface area contributed by atoms with Crippen molar-refractivity contribution in [3.05, 3.63) is 42.0 Å². The highest BCUT2D eigenvalue weighted by molar-refractivity contribution is 7.90. The molecule has 0 radical (unpaired) electrons. The molecule has 1 amide bonds. The Hall–Kier alpha value is -2.40. The summed E-state index contributed by atoms with van der Waals surface area (Å²) >= 11 is 1.36. The summed E-state index contributed by atoms with van der Waals surface area (Å²) < 4.78 is 35.3. The summed E-state index contributed by atoms with van der Waals surface area (Å²) in [4.78, 5) is 22.3. The molecule has 1 aromatic heterocycles. The lowest BCUT2D eigenvalue weighted by Gasteiger charge is -2.24. The summed E-state index contributed by atoms with van der Waals surface area (Å²) in [6.07, 6.45) is 1.14. The number of hydrogen-bond donors (Lipinski definition) is 0. The first kappa shape index (κ1) is 27.8. The first-order valence-corrected chi connectivity index (χ1v) is 13.3. The van der Waals surface area contributed by atoms with Gasteiger partial charge >= 0.3 is 0 Å². The van der Waals surface area contributed by atoms with Crippen LogP contribution in [-0.4, -0.2) is 70.9 Å². The zero-order valence-corrected chi connectivity index (χ0v) is 22.3. The maximum atomic E-state index is 13.5. The molecule has 34 heavy (non-hydrogen) atoms. The molecule has 0 fully saturated rings. The van der Waals surface area contributed by atoms with Gasteiger partial charge in [-0.3, -0.25) is 9.69 Å². The minimum absolute atomic E-state index is 0. The molecular formula is C23H30ClN3O5S2. The summed E-state index contributed by atoms with van der Waals surface area (Å²) in [5.41, 5.74) is 1.02. The molecule has 8 nitrogen and oxygen atoms in total. The van der Waals surface area contributed by atoms with E-state index in [2.05, 4.69) is 18.7 Å². The third-order valence-corrected chi connectivity index (χ3v) is 7.66. The predicted octanol–water partition coefficient (Wildman–Crippen LogP) is 4.13. The lowest BCUT2D eigenvalue weighted by Crippen LogP contribution is -2.38. The highest BCUT2D eigenvalue weighted by Gasteiger charge is 2.24. The average Bonchev–Trinajstić information content (AvgIpc) is 3.25. The largest absolute Gasteiger partial charge is 0.495 e. The second kappa shape index (κ2) is 11.8. The molecule has 3 rings (SSSR count). The maximum Gasteiger partial charge on any atom is 0.260 e. The summed E-state index contributed by atoms with van der Waals surface area (Å²) in [6, 6.07) is 9.59. The number of ether oxygens (including phenoxy) is 2. The van der Waals surface area contributed by atoms with Crippen molar-refractivity contribution in [3.63, 3.8) is 0 Å². The van der Waals surface area contributed by atoms with Gasteiger partial charge in [0.15, 0.2) is 15.0 Å². The van der Waals surface area contributed by atoms with E-state index in [1.807, 2.05) is 6.07 Å². The molecule has 3 aromatic rings. The number of benzene rings is 2. The van der Waals surface area contributed by atoms with Gasteiger partial charge in [-0.2, -0.15) is 0 Å². The Morgan fingerprint density at radius 3 is 2.09 bits per heavy atom. The summed E-state index contributed by atoms with van der Waals surface area (Å²) in [6.45, 7) is 6.98. The van der Waals surface area contributed by atoms with E-state index in [4.69, 9.17) is 14.5 Å². The number of likely N-dealkylation sites (N-methyl/N-ethyl adjacent to an activating group) is 1. The number of hydrogen-bond acceptors (Lipinski definition) is 8. The second-order valence-corrected chi connectivity index (χ2v) is 10.4. The Balaban J connectivity index is 0.00000408. The number of carbonyl (C=O) groups is 1. The number of anilines is 1. The molecule has 186 valence electrons. The van der Waals surface area contributed by atoms with Crippen molar-refractivity contribution >= 4 is 54.8 Å². The van der Waals surface area contributed by atoms with Crippen LogP contribution in [0.25, 0.3) is 10.2 Å². The topological polar surface area (TPSA) is 89.0 Å². The molecule has 2 aromatic carbocycles. The van der Waals surface area contributed by atoms with E-state index in [1.54, 1.807) is 25.2 Å². The van der Waals surface area contributed by atoms with Crippen molar-refractivity contribution in [2.24, 2.45) is 0 Å². The van der Waals surface area contributed by atoms with Crippen molar-refractivity contribution in [1.82, 2.24) is 9.88 Å². The van der Waals surface area contributed by atoms with E-state index in [-0.39, 0.29) is 23.2 Å². The Bertz CT molecular complexity index is 1180. The molecule has 0 unspecified atom stereocenters. The third-order valence-electron chi connectivity index (χ3n) is 5.44. The molecular weight excluding hydrogens is 498 g/mol. The number of nitrogens with zero attached hydrogens (tertiary/aromatic N) is 3. The van der Waals surface area contributed by atoms with Crippen LogP contribution in [-0.2, 0) is 9.84 Å². The average molecular weight is 528 g/mol. The number of aromatic nitrogens is 1. The highest BCUT2D eigenvalue weighted by Crippen LogP contribution is 2.40. The summed E-state index contributed by atoms with van der Waals surface area (Å²) in [5.74, 6) is 1.00. The van der Waals surface area contributed by atoms with E-state index in [0.29, 0.717) is 40.8 Å². The van der Waals surface area contributed by atoms with Crippen LogP contribution in [0.2, 0.25) is 0 Å². The van der Waals surface area contributed by atoms with Crippen molar-refractivity contribution < 1.29 is 22.7 Å². The van der Waals surface area contributed by atoms with Crippen LogP contribution in [0.15, 0.2) is 41.3 Å². The number of fused-ring (bicyclic) bond motifs is 1. The number of halogens is 1. The van der Waals surface area contributed by atoms with Gasteiger partial charge in [0.25, 0.3) is 5.91 Å². The van der Waals surface area contributed by atoms with Gasteiger partial charge in [0.1, 0.15) is 21.7 Å². The van der Waals surface area contributed by atoms with Crippen LogP contribution in [0.1, 0.15) is 24.2 Å². The SMILES string of the molecule is CCN(CC)CCN(C(=O)c1ccc(S(C)(=O)=O)cc1)c1nc2c(OC)ccc(OC)c2s1.Cl. The number of thiazole rings is 1. The van der Waals surface area contributed by atoms with Gasteiger partial charge in [0.05, 0.1) is 19.1 Å². The standard InChI is InChI=1S/C23H29N3O5S2.ClH/c1-6-25(7-2)14-15-26(22(27)16-8-10-17(11-9-16)33(5,28)29)23-24-20-18(30-3)12-13-19(31-4)21(20)32-23;/h8-13H,6-7,14-15H2,1-5H3;1H. The number of methoxy groups -OCH3 is 2. The fraction of sp³-hybridized carbons (Fsp3) is 0.391. The number of sulfone groups is 1. The van der Waals surface area contributed by atoms with Gasteiger partial charge in [0.2, 0.25) is 0 Å². The monoisotopic (exact) mass is 527 g/mol. The maximum absolute atomic E-state index is 13.5. The van der Waals surface area contributed by atoms with E-state index < -0.39 is 9.84 Å². The second-order valence-electron chi connectivity index (χ2n) is 7.42. The third kappa shape index (κ3) is 5.99. The van der Waals surface area contributed by atoms with Crippen molar-refractivity contribution in [2.75, 3.05) is 51.6 Å². The van der Waals surface area contributed by atoms with Gasteiger partial charge < -0.3 is 14.4 Å². The number of amides is 1. The fourth-order valence-corrected chi connectivity index (χ4v) is 5.18. The Morgan fingerprint density at radius 1 is 0.971 bits per heavy atom. The Morgan fingerprint density at radius 2 is 1.56 bits per heavy atom. The molecule has 0 saturated heterocycles. The molecule has 0 spiro atoms. The fourth-order valence-electron chi connectivity index (χ4n) is 3.46. The number of rotatable bonds is 10. The molecule has 11 heteroatoms. The zero-order valence-electron chi connectivity index (χ0n) is 19.9. The van der Waals surface area contributed by atoms with Crippen LogP contribution in [0.4, 0.5) is 5.13 Å². The molecule has 0 aliphatic rings. The van der Waals surface area contributed by atoms with Crippen molar-refractivity contribution in [2.45, 2.75) is 18.7 Å². The number of carbonyl (C=O) groups excluding carboxylic acids is 1. The van der Waals surface area contributed by atoms with E-state index in [0.717, 1.165) is 24.0 Å². The summed E-state index contributed by atoms with van der Waals surface area (Å²) in [5, 5.41) is 0.525. The predicted molar refractivity (Wildman–Crippen MR) is 139 cm³/mol. The lowest BCUT2D eigenvalue weighted by molar-refractivity contribution is 0.0983. The molecule has 0 aliphatic carbocycles. The van der Waals surface area contributed by atoms with Gasteiger partial charge in [0, 0.05) is 24.9 Å². The smallest absolute Gasteiger partial charge is 0.260 e.